The molecule has 1 aliphatic heterocycles. The minimum absolute atomic E-state index is 0.0232. The zero-order valence-electron chi connectivity index (χ0n) is 11.6. The number of amides is 2. The van der Waals surface area contributed by atoms with Gasteiger partial charge in [0.25, 0.3) is 0 Å². The number of nitrogens with zero attached hydrogens (tertiary/aromatic N) is 1. The van der Waals surface area contributed by atoms with Crippen molar-refractivity contribution >= 4 is 11.8 Å². The lowest BCUT2D eigenvalue weighted by molar-refractivity contribution is -0.129. The van der Waals surface area contributed by atoms with Crippen LogP contribution in [0.3, 0.4) is 0 Å². The van der Waals surface area contributed by atoms with E-state index in [-0.39, 0.29) is 24.3 Å². The molecule has 2 rings (SSSR count). The van der Waals surface area contributed by atoms with Crippen molar-refractivity contribution < 1.29 is 9.59 Å². The lowest BCUT2D eigenvalue weighted by Crippen LogP contribution is -2.48. The average Bonchev–Trinajstić information content (AvgIpc) is 2.39. The molecule has 108 valence electrons. The molecule has 5 heteroatoms. The molecule has 1 heterocycles. The highest BCUT2D eigenvalue weighted by Gasteiger charge is 2.28. The van der Waals surface area contributed by atoms with E-state index in [1.807, 2.05) is 4.90 Å². The van der Waals surface area contributed by atoms with E-state index in [0.29, 0.717) is 12.6 Å². The molecular formula is C14H25N3O2. The van der Waals surface area contributed by atoms with E-state index >= 15 is 0 Å². The van der Waals surface area contributed by atoms with Crippen LogP contribution in [0.2, 0.25) is 0 Å². The summed E-state index contributed by atoms with van der Waals surface area (Å²) < 4.78 is 0. The zero-order chi connectivity index (χ0) is 13.7. The number of likely N-dealkylation sites (tertiary alicyclic amines) is 1. The van der Waals surface area contributed by atoms with Crippen molar-refractivity contribution in [2.45, 2.75) is 51.0 Å². The van der Waals surface area contributed by atoms with Crippen LogP contribution in [0.1, 0.15) is 44.9 Å². The number of hydrogen-bond donors (Lipinski definition) is 2. The standard InChI is InChI=1S/C14H25N3O2/c15-13(18)10-17-8-4-5-11(9-17)14(19)16-12-6-2-1-3-7-12/h11-12H,1-10H2,(H2,15,18)(H,16,19)/t11-/m1/s1. The first-order chi connectivity index (χ1) is 9.15. The van der Waals surface area contributed by atoms with Crippen LogP contribution in [0.25, 0.3) is 0 Å². The van der Waals surface area contributed by atoms with Crippen molar-refractivity contribution in [2.75, 3.05) is 19.6 Å². The number of hydrogen-bond acceptors (Lipinski definition) is 3. The van der Waals surface area contributed by atoms with Gasteiger partial charge in [0.1, 0.15) is 0 Å². The van der Waals surface area contributed by atoms with Gasteiger partial charge in [-0.1, -0.05) is 19.3 Å². The first-order valence-corrected chi connectivity index (χ1v) is 7.46. The van der Waals surface area contributed by atoms with Crippen molar-refractivity contribution in [1.29, 1.82) is 0 Å². The van der Waals surface area contributed by atoms with Gasteiger partial charge in [-0.2, -0.15) is 0 Å². The number of carbonyl (C=O) groups is 2. The van der Waals surface area contributed by atoms with Crippen LogP contribution in [0, 0.1) is 5.92 Å². The van der Waals surface area contributed by atoms with Crippen LogP contribution < -0.4 is 11.1 Å². The second-order valence-electron chi connectivity index (χ2n) is 5.88. The van der Waals surface area contributed by atoms with Crippen molar-refractivity contribution in [3.8, 4) is 0 Å². The maximum absolute atomic E-state index is 12.2. The highest BCUT2D eigenvalue weighted by molar-refractivity contribution is 5.79. The molecule has 0 spiro atoms. The van der Waals surface area contributed by atoms with Crippen molar-refractivity contribution in [3.05, 3.63) is 0 Å². The number of piperidine rings is 1. The highest BCUT2D eigenvalue weighted by atomic mass is 16.2. The van der Waals surface area contributed by atoms with Gasteiger partial charge >= 0.3 is 0 Å². The molecule has 0 radical (unpaired) electrons. The van der Waals surface area contributed by atoms with E-state index in [4.69, 9.17) is 5.73 Å². The molecule has 0 aromatic rings. The maximum atomic E-state index is 12.2. The summed E-state index contributed by atoms with van der Waals surface area (Å²) in [5.74, 6) is -0.121. The third kappa shape index (κ3) is 4.49. The number of nitrogens with one attached hydrogen (secondary N) is 1. The summed E-state index contributed by atoms with van der Waals surface area (Å²) in [7, 11) is 0. The number of nitrogens with two attached hydrogens (primary N) is 1. The first kappa shape index (κ1) is 14.3. The molecular weight excluding hydrogens is 242 g/mol. The molecule has 0 bridgehead atoms. The van der Waals surface area contributed by atoms with E-state index < -0.39 is 0 Å². The van der Waals surface area contributed by atoms with E-state index in [9.17, 15) is 9.59 Å². The Morgan fingerprint density at radius 3 is 2.53 bits per heavy atom. The summed E-state index contributed by atoms with van der Waals surface area (Å²) >= 11 is 0. The normalized spacial score (nSPS) is 26.0. The topological polar surface area (TPSA) is 75.4 Å². The second kappa shape index (κ2) is 6.89. The van der Waals surface area contributed by atoms with Crippen LogP contribution in [0.5, 0.6) is 0 Å². The van der Waals surface area contributed by atoms with Gasteiger partial charge in [-0.3, -0.25) is 14.5 Å². The second-order valence-corrected chi connectivity index (χ2v) is 5.88. The molecule has 1 saturated heterocycles. The summed E-state index contributed by atoms with van der Waals surface area (Å²) in [6.07, 6.45) is 7.87. The Balaban J connectivity index is 1.79. The monoisotopic (exact) mass is 267 g/mol. The minimum Gasteiger partial charge on any atom is -0.369 e. The smallest absolute Gasteiger partial charge is 0.231 e. The van der Waals surface area contributed by atoms with Crippen molar-refractivity contribution in [2.24, 2.45) is 11.7 Å². The van der Waals surface area contributed by atoms with Gasteiger partial charge in [-0.05, 0) is 32.2 Å². The van der Waals surface area contributed by atoms with Crippen LogP contribution in [0.4, 0.5) is 0 Å². The summed E-state index contributed by atoms with van der Waals surface area (Å²) in [4.78, 5) is 25.2. The average molecular weight is 267 g/mol. The van der Waals surface area contributed by atoms with Gasteiger partial charge in [-0.25, -0.2) is 0 Å². The number of primary amides is 1. The van der Waals surface area contributed by atoms with Gasteiger partial charge in [-0.15, -0.1) is 0 Å². The molecule has 1 aliphatic carbocycles. The zero-order valence-corrected chi connectivity index (χ0v) is 11.6. The molecule has 3 N–H and O–H groups in total. The number of rotatable bonds is 4. The molecule has 0 unspecified atom stereocenters. The first-order valence-electron chi connectivity index (χ1n) is 7.46. The molecule has 2 amide bonds. The van der Waals surface area contributed by atoms with Gasteiger partial charge in [0.15, 0.2) is 0 Å². The Hall–Kier alpha value is -1.10. The SMILES string of the molecule is NC(=O)CN1CCC[C@@H](C(=O)NC2CCCCC2)C1. The molecule has 1 saturated carbocycles. The van der Waals surface area contributed by atoms with Crippen LogP contribution in [0.15, 0.2) is 0 Å². The van der Waals surface area contributed by atoms with E-state index in [1.165, 1.54) is 19.3 Å². The third-order valence-electron chi connectivity index (χ3n) is 4.21. The quantitative estimate of drug-likeness (QED) is 0.784. The molecule has 0 aromatic carbocycles. The Kier molecular flexibility index (Phi) is 5.19. The highest BCUT2D eigenvalue weighted by Crippen LogP contribution is 2.20. The number of carbonyl (C=O) groups excluding carboxylic acids is 2. The Bertz CT molecular complexity index is 327. The van der Waals surface area contributed by atoms with E-state index in [1.54, 1.807) is 0 Å². The fourth-order valence-electron chi connectivity index (χ4n) is 3.20. The van der Waals surface area contributed by atoms with Gasteiger partial charge in [0.05, 0.1) is 12.5 Å². The Morgan fingerprint density at radius 2 is 1.84 bits per heavy atom. The van der Waals surface area contributed by atoms with Gasteiger partial charge < -0.3 is 11.1 Å². The lowest BCUT2D eigenvalue weighted by Gasteiger charge is -2.32. The lowest BCUT2D eigenvalue weighted by atomic mass is 9.93. The van der Waals surface area contributed by atoms with E-state index in [0.717, 1.165) is 32.2 Å². The Morgan fingerprint density at radius 1 is 1.11 bits per heavy atom. The molecule has 2 fully saturated rings. The predicted molar refractivity (Wildman–Crippen MR) is 73.4 cm³/mol. The van der Waals surface area contributed by atoms with Gasteiger partial charge in [0, 0.05) is 12.6 Å². The fraction of sp³-hybridized carbons (Fsp3) is 0.857. The molecule has 5 nitrogen and oxygen atoms in total. The summed E-state index contributed by atoms with van der Waals surface area (Å²) in [6.45, 7) is 1.81. The van der Waals surface area contributed by atoms with Crippen LogP contribution in [-0.2, 0) is 9.59 Å². The van der Waals surface area contributed by atoms with Crippen LogP contribution in [-0.4, -0.2) is 42.4 Å². The fourth-order valence-corrected chi connectivity index (χ4v) is 3.20. The van der Waals surface area contributed by atoms with E-state index in [2.05, 4.69) is 5.32 Å². The molecule has 19 heavy (non-hydrogen) atoms. The molecule has 1 atom stereocenters. The predicted octanol–water partition coefficient (Wildman–Crippen LogP) is 0.633. The molecule has 2 aliphatic rings. The van der Waals surface area contributed by atoms with Gasteiger partial charge in [0.2, 0.25) is 11.8 Å². The van der Waals surface area contributed by atoms with Crippen molar-refractivity contribution in [3.63, 3.8) is 0 Å². The largest absolute Gasteiger partial charge is 0.369 e. The summed E-state index contributed by atoms with van der Waals surface area (Å²) in [6, 6.07) is 0.368. The van der Waals surface area contributed by atoms with Crippen molar-refractivity contribution in [1.82, 2.24) is 10.2 Å². The third-order valence-corrected chi connectivity index (χ3v) is 4.21. The molecule has 0 aromatic heterocycles. The van der Waals surface area contributed by atoms with Crippen LogP contribution >= 0.6 is 0 Å². The summed E-state index contributed by atoms with van der Waals surface area (Å²) in [5, 5.41) is 3.18. The Labute approximate surface area is 114 Å². The minimum atomic E-state index is -0.312. The maximum Gasteiger partial charge on any atom is 0.231 e. The summed E-state index contributed by atoms with van der Waals surface area (Å²) in [5.41, 5.74) is 5.21.